The van der Waals surface area contributed by atoms with Gasteiger partial charge in [-0.1, -0.05) is 37.3 Å². The van der Waals surface area contributed by atoms with Crippen LogP contribution >= 0.6 is 22.9 Å². The summed E-state index contributed by atoms with van der Waals surface area (Å²) in [7, 11) is 0. The fourth-order valence-corrected chi connectivity index (χ4v) is 5.80. The van der Waals surface area contributed by atoms with Gasteiger partial charge in [-0.25, -0.2) is 19.2 Å². The number of nitrogens with one attached hydrogen (secondary N) is 1. The lowest BCUT2D eigenvalue weighted by molar-refractivity contribution is -0.183. The van der Waals surface area contributed by atoms with Crippen LogP contribution in [0.3, 0.4) is 0 Å². The first kappa shape index (κ1) is 26.0. The van der Waals surface area contributed by atoms with E-state index in [0.717, 1.165) is 6.42 Å². The van der Waals surface area contributed by atoms with Crippen LogP contribution in [-0.4, -0.2) is 71.2 Å². The number of rotatable bonds is 10. The van der Waals surface area contributed by atoms with Crippen molar-refractivity contribution in [2.45, 2.75) is 55.6 Å². The highest BCUT2D eigenvalue weighted by Gasteiger charge is 2.80. The Labute approximate surface area is 230 Å². The number of hydrogen-bond donors (Lipinski definition) is 3. The largest absolute Gasteiger partial charge is 0.479 e. The van der Waals surface area contributed by atoms with Crippen molar-refractivity contribution in [3.05, 3.63) is 64.1 Å². The second-order valence-electron chi connectivity index (χ2n) is 9.54. The van der Waals surface area contributed by atoms with E-state index in [1.165, 1.54) is 27.7 Å². The van der Waals surface area contributed by atoms with E-state index in [-0.39, 0.29) is 23.0 Å². The zero-order valence-corrected chi connectivity index (χ0v) is 22.1. The number of carboxylic acids is 1. The number of carbonyl (C=O) groups is 1. The molecule has 3 aromatic heterocycles. The minimum Gasteiger partial charge on any atom is -0.479 e. The van der Waals surface area contributed by atoms with E-state index in [9.17, 15) is 15.0 Å². The summed E-state index contributed by atoms with van der Waals surface area (Å²) >= 11 is 7.32. The number of aliphatic hydroxyl groups is 1. The number of aromatic nitrogens is 5. The van der Waals surface area contributed by atoms with Crippen molar-refractivity contribution in [1.29, 1.82) is 0 Å². The number of nitrogens with zero attached hydrogens (tertiary/aromatic N) is 5. The van der Waals surface area contributed by atoms with Crippen LogP contribution in [0, 0.1) is 0 Å². The molecule has 1 aliphatic heterocycles. The smallest absolute Gasteiger partial charge is 0.342 e. The van der Waals surface area contributed by atoms with Crippen molar-refractivity contribution >= 4 is 45.9 Å². The first-order valence-corrected chi connectivity index (χ1v) is 13.6. The standard InChI is InChI=1S/C25H24ClFN6O5S/c1-2-8-28-19-15-20(32-23(26)31-19)33(11-29-15)21-16(27)25(36)17(37-21)18(25)38-24(22(34)35,14-10-39-12-30-14)9-13-6-4-3-5-7-13/h3-7,10-12,16-18,21,36H,2,8-9H2,1H3,(H,34,35)(H,28,31,32)/t16-,17-,18?,21-,24?,25+/m1/s1. The molecule has 1 saturated carbocycles. The van der Waals surface area contributed by atoms with Gasteiger partial charge in [0.05, 0.1) is 17.5 Å². The van der Waals surface area contributed by atoms with Crippen LogP contribution in [0.2, 0.25) is 5.28 Å². The predicted molar refractivity (Wildman–Crippen MR) is 139 cm³/mol. The van der Waals surface area contributed by atoms with Crippen molar-refractivity contribution in [2.75, 3.05) is 11.9 Å². The van der Waals surface area contributed by atoms with Gasteiger partial charge in [-0.2, -0.15) is 9.97 Å². The van der Waals surface area contributed by atoms with Crippen molar-refractivity contribution in [2.24, 2.45) is 0 Å². The number of hydrogen-bond acceptors (Lipinski definition) is 10. The lowest BCUT2D eigenvalue weighted by atomic mass is 9.91. The molecule has 2 fully saturated rings. The van der Waals surface area contributed by atoms with Gasteiger partial charge in [0.25, 0.3) is 0 Å². The van der Waals surface area contributed by atoms with Gasteiger partial charge in [0.1, 0.15) is 12.2 Å². The Bertz CT molecular complexity index is 1510. The molecule has 0 amide bonds. The molecule has 6 rings (SSSR count). The average molecular weight is 575 g/mol. The van der Waals surface area contributed by atoms with E-state index in [1.54, 1.807) is 29.6 Å². The molecule has 1 saturated heterocycles. The molecule has 3 N–H and O–H groups in total. The Balaban J connectivity index is 1.29. The molecule has 2 aliphatic rings. The number of benzene rings is 1. The Morgan fingerprint density at radius 3 is 2.77 bits per heavy atom. The lowest BCUT2D eigenvalue weighted by Crippen LogP contribution is -2.45. The first-order chi connectivity index (χ1) is 18.8. The van der Waals surface area contributed by atoms with Gasteiger partial charge in [-0.15, -0.1) is 11.3 Å². The Morgan fingerprint density at radius 1 is 1.33 bits per heavy atom. The molecule has 0 spiro atoms. The Morgan fingerprint density at radius 2 is 2.13 bits per heavy atom. The van der Waals surface area contributed by atoms with Crippen LogP contribution in [-0.2, 0) is 26.3 Å². The summed E-state index contributed by atoms with van der Waals surface area (Å²) in [6.45, 7) is 2.61. The van der Waals surface area contributed by atoms with Crippen molar-refractivity contribution in [3.8, 4) is 0 Å². The third-order valence-corrected chi connectivity index (χ3v) is 7.84. The summed E-state index contributed by atoms with van der Waals surface area (Å²) in [4.78, 5) is 29.6. The first-order valence-electron chi connectivity index (χ1n) is 12.3. The molecular weight excluding hydrogens is 551 g/mol. The molecule has 11 nitrogen and oxygen atoms in total. The minimum atomic E-state index is -2.09. The van der Waals surface area contributed by atoms with Crippen LogP contribution in [0.4, 0.5) is 10.2 Å². The zero-order chi connectivity index (χ0) is 27.4. The Kier molecular flexibility index (Phi) is 6.50. The van der Waals surface area contributed by atoms with Gasteiger partial charge in [0, 0.05) is 18.3 Å². The van der Waals surface area contributed by atoms with Crippen LogP contribution < -0.4 is 5.32 Å². The van der Waals surface area contributed by atoms with E-state index >= 15 is 4.39 Å². The van der Waals surface area contributed by atoms with Gasteiger partial charge in [-0.3, -0.25) is 4.57 Å². The molecule has 1 aromatic carbocycles. The summed E-state index contributed by atoms with van der Waals surface area (Å²) < 4.78 is 29.3. The van der Waals surface area contributed by atoms with Gasteiger partial charge < -0.3 is 25.0 Å². The number of fused-ring (bicyclic) bond motifs is 2. The van der Waals surface area contributed by atoms with Gasteiger partial charge in [0.2, 0.25) is 10.9 Å². The fraction of sp³-hybridized carbons (Fsp3) is 0.400. The molecule has 204 valence electrons. The van der Waals surface area contributed by atoms with Crippen LogP contribution in [0.25, 0.3) is 11.2 Å². The number of carboxylic acid groups (broad SMARTS) is 1. The number of aliphatic carboxylic acids is 1. The van der Waals surface area contributed by atoms with Gasteiger partial charge >= 0.3 is 5.97 Å². The second kappa shape index (κ2) is 9.75. The summed E-state index contributed by atoms with van der Waals surface area (Å²) in [5.41, 5.74) is -1.12. The fourth-order valence-electron chi connectivity index (χ4n) is 5.02. The van der Waals surface area contributed by atoms with E-state index in [4.69, 9.17) is 21.1 Å². The van der Waals surface area contributed by atoms with E-state index in [1.807, 2.05) is 13.0 Å². The van der Waals surface area contributed by atoms with E-state index in [0.29, 0.717) is 23.4 Å². The van der Waals surface area contributed by atoms with E-state index in [2.05, 4.69) is 25.3 Å². The number of ether oxygens (including phenoxy) is 2. The van der Waals surface area contributed by atoms with Gasteiger partial charge in [0.15, 0.2) is 35.0 Å². The van der Waals surface area contributed by atoms with Crippen molar-refractivity contribution in [1.82, 2.24) is 24.5 Å². The highest BCUT2D eigenvalue weighted by Crippen LogP contribution is 2.58. The molecule has 39 heavy (non-hydrogen) atoms. The molecule has 6 atom stereocenters. The number of thiazole rings is 1. The molecule has 2 unspecified atom stereocenters. The molecule has 4 heterocycles. The van der Waals surface area contributed by atoms with Crippen molar-refractivity contribution in [3.63, 3.8) is 0 Å². The summed E-state index contributed by atoms with van der Waals surface area (Å²) in [5, 5.41) is 26.3. The average Bonchev–Trinajstić information content (AvgIpc) is 3.42. The topological polar surface area (TPSA) is 145 Å². The number of alkyl halides is 1. The molecule has 0 radical (unpaired) electrons. The van der Waals surface area contributed by atoms with Gasteiger partial charge in [-0.05, 0) is 23.6 Å². The summed E-state index contributed by atoms with van der Waals surface area (Å²) in [6, 6.07) is 8.90. The summed E-state index contributed by atoms with van der Waals surface area (Å²) in [6.07, 6.45) is -3.55. The second-order valence-corrected chi connectivity index (χ2v) is 10.6. The highest BCUT2D eigenvalue weighted by atomic mass is 35.5. The molecule has 4 aromatic rings. The molecular formula is C25H24ClFN6O5S. The van der Waals surface area contributed by atoms with Crippen LogP contribution in [0.1, 0.15) is 30.8 Å². The maximum Gasteiger partial charge on any atom is 0.342 e. The third-order valence-electron chi connectivity index (χ3n) is 7.08. The maximum atomic E-state index is 15.9. The quantitative estimate of drug-likeness (QED) is 0.241. The SMILES string of the molecule is CCCNc1nc(Cl)nc2c1ncn2[C@@H]1O[C@@H]2C(OC(Cc3ccccc3)(C(=O)O)c3cscn3)[C@]2(O)[C@@H]1F. The normalized spacial score (nSPS) is 27.3. The van der Waals surface area contributed by atoms with E-state index < -0.39 is 41.8 Å². The number of imidazole rings is 1. The van der Waals surface area contributed by atoms with Crippen molar-refractivity contribution < 1.29 is 28.9 Å². The summed E-state index contributed by atoms with van der Waals surface area (Å²) in [5.74, 6) is -0.906. The number of halogens is 2. The Hall–Kier alpha value is -3.23. The monoisotopic (exact) mass is 574 g/mol. The molecule has 0 bridgehead atoms. The molecule has 14 heteroatoms. The predicted octanol–water partition coefficient (Wildman–Crippen LogP) is 3.35. The number of anilines is 1. The zero-order valence-electron chi connectivity index (χ0n) is 20.6. The highest BCUT2D eigenvalue weighted by molar-refractivity contribution is 7.07. The van der Waals surface area contributed by atoms with Crippen LogP contribution in [0.5, 0.6) is 0 Å². The third kappa shape index (κ3) is 4.16. The molecule has 1 aliphatic carbocycles. The van der Waals surface area contributed by atoms with Crippen LogP contribution in [0.15, 0.2) is 47.5 Å². The lowest BCUT2D eigenvalue weighted by Gasteiger charge is -2.31. The maximum absolute atomic E-state index is 15.9. The minimum absolute atomic E-state index is 0.0586.